The molecule has 0 aliphatic heterocycles. The second kappa shape index (κ2) is 13.4. The Morgan fingerprint density at radius 1 is 0.909 bits per heavy atom. The summed E-state index contributed by atoms with van der Waals surface area (Å²) in [6, 6.07) is 0. The van der Waals surface area contributed by atoms with Gasteiger partial charge in [0, 0.05) is 0 Å². The summed E-state index contributed by atoms with van der Waals surface area (Å²) in [6.45, 7) is 4.12. The third-order valence-electron chi connectivity index (χ3n) is 4.21. The zero-order valence-electron chi connectivity index (χ0n) is 14.3. The summed E-state index contributed by atoms with van der Waals surface area (Å²) >= 11 is 5.20. The number of thiocarbonyl (C=S) groups is 1. The highest BCUT2D eigenvalue weighted by molar-refractivity contribution is 7.85. The molecule has 1 N–H and O–H groups in total. The lowest BCUT2D eigenvalue weighted by Gasteiger charge is -2.14. The van der Waals surface area contributed by atoms with Gasteiger partial charge in [-0.25, -0.2) is 0 Å². The smallest absolute Gasteiger partial charge is 0.264 e. The van der Waals surface area contributed by atoms with Gasteiger partial charge < -0.3 is 0 Å². The Hall–Kier alpha value is -0.0000000000000000555. The van der Waals surface area contributed by atoms with E-state index in [2.05, 4.69) is 6.92 Å². The Balaban J connectivity index is 3.59. The van der Waals surface area contributed by atoms with Crippen molar-refractivity contribution in [2.75, 3.05) is 5.75 Å². The molecule has 5 heteroatoms. The topological polar surface area (TPSA) is 54.4 Å². The monoisotopic (exact) mass is 350 g/mol. The Kier molecular flexibility index (Phi) is 13.4. The summed E-state index contributed by atoms with van der Waals surface area (Å²) < 4.78 is 30.4. The maximum atomic E-state index is 10.8. The van der Waals surface area contributed by atoms with E-state index in [0.29, 0.717) is 6.42 Å². The van der Waals surface area contributed by atoms with E-state index in [9.17, 15) is 8.42 Å². The first kappa shape index (κ1) is 22.0. The molecule has 0 aliphatic carbocycles. The molecular weight excluding hydrogens is 316 g/mol. The lowest BCUT2D eigenvalue weighted by Crippen LogP contribution is -2.15. The van der Waals surface area contributed by atoms with E-state index in [4.69, 9.17) is 16.8 Å². The number of rotatable bonds is 15. The molecule has 0 radical (unpaired) electrons. The highest BCUT2D eigenvalue weighted by atomic mass is 32.2. The molecule has 0 aromatic carbocycles. The van der Waals surface area contributed by atoms with Crippen LogP contribution in [0.5, 0.6) is 0 Å². The number of unbranched alkanes of at least 4 members (excludes halogenated alkanes) is 9. The molecule has 0 saturated heterocycles. The van der Waals surface area contributed by atoms with Gasteiger partial charge in [-0.15, -0.1) is 0 Å². The molecule has 132 valence electrons. The van der Waals surface area contributed by atoms with Crippen molar-refractivity contribution in [1.29, 1.82) is 0 Å². The molecule has 0 spiro atoms. The van der Waals surface area contributed by atoms with Crippen LogP contribution in [0.4, 0.5) is 0 Å². The highest BCUT2D eigenvalue weighted by Gasteiger charge is 2.14. The van der Waals surface area contributed by atoms with E-state index in [1.807, 2.05) is 6.92 Å². The fraction of sp³-hybridized carbons (Fsp3) is 0.941. The van der Waals surface area contributed by atoms with Crippen LogP contribution in [0, 0.1) is 5.92 Å². The molecule has 0 aromatic rings. The Labute approximate surface area is 143 Å². The van der Waals surface area contributed by atoms with Gasteiger partial charge in [0.1, 0.15) is 0 Å². The largest absolute Gasteiger partial charge is 0.286 e. The number of hydrogen-bond donors (Lipinski definition) is 1. The SMILES string of the molecule is CCCCCCCCCCCCC(CCS(=O)(=O)O)C(C)=S. The standard InChI is InChI=1S/C17H34O3S2/c1-3-4-5-6-7-8-9-10-11-12-13-17(16(2)21)14-15-22(18,19)20/h17H,3-15H2,1-2H3,(H,18,19,20). The van der Waals surface area contributed by atoms with Crippen LogP contribution in [0.3, 0.4) is 0 Å². The van der Waals surface area contributed by atoms with Crippen molar-refractivity contribution in [1.82, 2.24) is 0 Å². The minimum Gasteiger partial charge on any atom is -0.286 e. The van der Waals surface area contributed by atoms with Crippen LogP contribution in [-0.2, 0) is 10.1 Å². The first-order valence-corrected chi connectivity index (χ1v) is 10.8. The molecule has 0 bridgehead atoms. The van der Waals surface area contributed by atoms with Crippen LogP contribution in [0.15, 0.2) is 0 Å². The molecule has 22 heavy (non-hydrogen) atoms. The van der Waals surface area contributed by atoms with Gasteiger partial charge in [0.05, 0.1) is 5.75 Å². The third kappa shape index (κ3) is 14.9. The van der Waals surface area contributed by atoms with Crippen molar-refractivity contribution in [2.24, 2.45) is 5.92 Å². The van der Waals surface area contributed by atoms with Gasteiger partial charge in [-0.2, -0.15) is 8.42 Å². The van der Waals surface area contributed by atoms with E-state index in [-0.39, 0.29) is 11.7 Å². The van der Waals surface area contributed by atoms with Gasteiger partial charge >= 0.3 is 0 Å². The normalized spacial score (nSPS) is 13.2. The van der Waals surface area contributed by atoms with Gasteiger partial charge in [0.25, 0.3) is 10.1 Å². The lowest BCUT2D eigenvalue weighted by molar-refractivity contribution is 0.470. The fourth-order valence-electron chi connectivity index (χ4n) is 2.72. The first-order chi connectivity index (χ1) is 10.4. The van der Waals surface area contributed by atoms with E-state index >= 15 is 0 Å². The molecule has 0 saturated carbocycles. The minimum atomic E-state index is -3.86. The van der Waals surface area contributed by atoms with E-state index in [1.165, 1.54) is 57.8 Å². The fourth-order valence-corrected chi connectivity index (χ4v) is 3.54. The van der Waals surface area contributed by atoms with E-state index in [0.717, 1.165) is 17.7 Å². The minimum absolute atomic E-state index is 0.144. The summed E-state index contributed by atoms with van der Waals surface area (Å²) in [6.07, 6.45) is 14.4. The van der Waals surface area contributed by atoms with Crippen molar-refractivity contribution >= 4 is 27.2 Å². The van der Waals surface area contributed by atoms with Crippen LogP contribution < -0.4 is 0 Å². The molecule has 1 unspecified atom stereocenters. The van der Waals surface area contributed by atoms with Crippen LogP contribution in [-0.4, -0.2) is 23.6 Å². The molecule has 0 amide bonds. The molecule has 0 aliphatic rings. The van der Waals surface area contributed by atoms with Gasteiger partial charge in [-0.05, 0) is 30.5 Å². The first-order valence-electron chi connectivity index (χ1n) is 8.82. The van der Waals surface area contributed by atoms with Crippen molar-refractivity contribution < 1.29 is 13.0 Å². The van der Waals surface area contributed by atoms with Crippen molar-refractivity contribution in [3.8, 4) is 0 Å². The summed E-state index contributed by atoms with van der Waals surface area (Å²) in [5.74, 6) is -0.0328. The van der Waals surface area contributed by atoms with Crippen LogP contribution >= 0.6 is 12.2 Å². The lowest BCUT2D eigenvalue weighted by atomic mass is 9.95. The molecule has 0 fully saturated rings. The Morgan fingerprint density at radius 3 is 1.77 bits per heavy atom. The average molecular weight is 351 g/mol. The maximum absolute atomic E-state index is 10.8. The van der Waals surface area contributed by atoms with Crippen LogP contribution in [0.2, 0.25) is 0 Å². The van der Waals surface area contributed by atoms with Crippen LogP contribution in [0.1, 0.15) is 90.9 Å². The van der Waals surface area contributed by atoms with Crippen molar-refractivity contribution in [3.05, 3.63) is 0 Å². The van der Waals surface area contributed by atoms with Gasteiger partial charge in [0.2, 0.25) is 0 Å². The van der Waals surface area contributed by atoms with Gasteiger partial charge in [0.15, 0.2) is 0 Å². The summed E-state index contributed by atoms with van der Waals surface area (Å²) in [5.41, 5.74) is 0. The quantitative estimate of drug-likeness (QED) is 0.238. The molecule has 0 rings (SSSR count). The van der Waals surface area contributed by atoms with Gasteiger partial charge in [-0.1, -0.05) is 83.3 Å². The molecule has 0 aromatic heterocycles. The second-order valence-corrected chi connectivity index (χ2v) is 8.57. The van der Waals surface area contributed by atoms with E-state index in [1.54, 1.807) is 0 Å². The summed E-state index contributed by atoms with van der Waals surface area (Å²) in [4.78, 5) is 0.861. The molecular formula is C17H34O3S2. The predicted molar refractivity (Wildman–Crippen MR) is 99.3 cm³/mol. The molecule has 1 atom stereocenters. The number of hydrogen-bond acceptors (Lipinski definition) is 3. The Bertz CT molecular complexity index is 377. The zero-order chi connectivity index (χ0) is 16.8. The molecule has 3 nitrogen and oxygen atoms in total. The van der Waals surface area contributed by atoms with Crippen molar-refractivity contribution in [2.45, 2.75) is 90.9 Å². The zero-order valence-corrected chi connectivity index (χ0v) is 16.0. The Morgan fingerprint density at radius 2 is 1.36 bits per heavy atom. The van der Waals surface area contributed by atoms with Crippen molar-refractivity contribution in [3.63, 3.8) is 0 Å². The van der Waals surface area contributed by atoms with Gasteiger partial charge in [-0.3, -0.25) is 4.55 Å². The second-order valence-electron chi connectivity index (χ2n) is 6.35. The van der Waals surface area contributed by atoms with Crippen LogP contribution in [0.25, 0.3) is 0 Å². The third-order valence-corrected chi connectivity index (χ3v) is 5.29. The maximum Gasteiger partial charge on any atom is 0.264 e. The summed E-state index contributed by atoms with van der Waals surface area (Å²) in [5, 5.41) is 0. The summed E-state index contributed by atoms with van der Waals surface area (Å²) in [7, 11) is -3.86. The predicted octanol–water partition coefficient (Wildman–Crippen LogP) is 5.58. The highest BCUT2D eigenvalue weighted by Crippen LogP contribution is 2.18. The van der Waals surface area contributed by atoms with E-state index < -0.39 is 10.1 Å². The average Bonchev–Trinajstić information content (AvgIpc) is 2.42. The molecule has 0 heterocycles.